The highest BCUT2D eigenvalue weighted by atomic mass is 16.5. The SMILES string of the molecule is CNC(=O)c1cccc(NC(=O)C2CCC(=O)N(c3ccc(OC)cc3)C2c2ccc(OC)cc2)c1. The van der Waals surface area contributed by atoms with Crippen LogP contribution in [0.1, 0.15) is 34.8 Å². The Morgan fingerprint density at radius 3 is 2.17 bits per heavy atom. The summed E-state index contributed by atoms with van der Waals surface area (Å²) in [5.74, 6) is 0.305. The summed E-state index contributed by atoms with van der Waals surface area (Å²) in [6.45, 7) is 0. The molecule has 0 spiro atoms. The number of benzene rings is 3. The van der Waals surface area contributed by atoms with Gasteiger partial charge in [-0.2, -0.15) is 0 Å². The van der Waals surface area contributed by atoms with Gasteiger partial charge < -0.3 is 25.0 Å². The number of ether oxygens (including phenoxy) is 2. The third-order valence-corrected chi connectivity index (χ3v) is 6.36. The third kappa shape index (κ3) is 5.17. The molecule has 4 rings (SSSR count). The van der Waals surface area contributed by atoms with Gasteiger partial charge in [-0.25, -0.2) is 0 Å². The van der Waals surface area contributed by atoms with Gasteiger partial charge in [0.15, 0.2) is 0 Å². The number of anilines is 2. The average Bonchev–Trinajstić information content (AvgIpc) is 2.92. The van der Waals surface area contributed by atoms with E-state index in [4.69, 9.17) is 9.47 Å². The Bertz CT molecular complexity index is 1240. The molecule has 0 bridgehead atoms. The first kappa shape index (κ1) is 24.8. The fourth-order valence-electron chi connectivity index (χ4n) is 4.51. The summed E-state index contributed by atoms with van der Waals surface area (Å²) in [6.07, 6.45) is 0.623. The van der Waals surface area contributed by atoms with Crippen LogP contribution in [0.2, 0.25) is 0 Å². The summed E-state index contributed by atoms with van der Waals surface area (Å²) in [4.78, 5) is 40.6. The Labute approximate surface area is 210 Å². The van der Waals surface area contributed by atoms with E-state index in [2.05, 4.69) is 10.6 Å². The number of rotatable bonds is 7. The highest BCUT2D eigenvalue weighted by molar-refractivity contribution is 6.01. The zero-order valence-electron chi connectivity index (χ0n) is 20.5. The van der Waals surface area contributed by atoms with Crippen molar-refractivity contribution in [1.82, 2.24) is 5.32 Å². The van der Waals surface area contributed by atoms with Gasteiger partial charge in [-0.3, -0.25) is 14.4 Å². The fraction of sp³-hybridized carbons (Fsp3) is 0.250. The maximum absolute atomic E-state index is 13.6. The van der Waals surface area contributed by atoms with Crippen molar-refractivity contribution in [3.05, 3.63) is 83.9 Å². The van der Waals surface area contributed by atoms with Gasteiger partial charge in [-0.1, -0.05) is 18.2 Å². The standard InChI is InChI=1S/C28H29N3O5/c1-29-27(33)19-5-4-6-20(17-19)30-28(34)24-15-16-25(32)31(21-9-13-23(36-3)14-10-21)26(24)18-7-11-22(35-2)12-8-18/h4-14,17,24,26H,15-16H2,1-3H3,(H,29,33)(H,30,34). The number of methoxy groups -OCH3 is 2. The van der Waals surface area contributed by atoms with Gasteiger partial charge >= 0.3 is 0 Å². The van der Waals surface area contributed by atoms with Crippen LogP contribution in [0.15, 0.2) is 72.8 Å². The van der Waals surface area contributed by atoms with E-state index in [-0.39, 0.29) is 24.1 Å². The second-order valence-corrected chi connectivity index (χ2v) is 8.47. The summed E-state index contributed by atoms with van der Waals surface area (Å²) in [7, 11) is 4.73. The van der Waals surface area contributed by atoms with E-state index < -0.39 is 12.0 Å². The van der Waals surface area contributed by atoms with Gasteiger partial charge in [0.05, 0.1) is 26.2 Å². The Morgan fingerprint density at radius 1 is 0.917 bits per heavy atom. The largest absolute Gasteiger partial charge is 0.497 e. The summed E-state index contributed by atoms with van der Waals surface area (Å²) in [5, 5.41) is 5.54. The maximum Gasteiger partial charge on any atom is 0.251 e. The predicted octanol–water partition coefficient (Wildman–Crippen LogP) is 4.19. The van der Waals surface area contributed by atoms with E-state index >= 15 is 0 Å². The maximum atomic E-state index is 13.6. The molecule has 1 saturated heterocycles. The number of carbonyl (C=O) groups excluding carboxylic acids is 3. The Hall–Kier alpha value is -4.33. The molecule has 3 aromatic carbocycles. The molecular formula is C28H29N3O5. The molecule has 0 radical (unpaired) electrons. The second-order valence-electron chi connectivity index (χ2n) is 8.47. The van der Waals surface area contributed by atoms with E-state index in [1.807, 2.05) is 36.4 Å². The molecule has 2 atom stereocenters. The number of hydrogen-bond acceptors (Lipinski definition) is 5. The van der Waals surface area contributed by atoms with Crippen molar-refractivity contribution in [2.45, 2.75) is 18.9 Å². The number of piperidine rings is 1. The average molecular weight is 488 g/mol. The van der Waals surface area contributed by atoms with Crippen LogP contribution in [0, 0.1) is 5.92 Å². The quantitative estimate of drug-likeness (QED) is 0.521. The Balaban J connectivity index is 1.70. The van der Waals surface area contributed by atoms with Gasteiger partial charge in [0.1, 0.15) is 11.5 Å². The van der Waals surface area contributed by atoms with Gasteiger partial charge in [0.25, 0.3) is 5.91 Å². The lowest BCUT2D eigenvalue weighted by molar-refractivity contribution is -0.125. The number of nitrogens with zero attached hydrogens (tertiary/aromatic N) is 1. The van der Waals surface area contributed by atoms with Crippen molar-refractivity contribution in [3.8, 4) is 11.5 Å². The normalized spacial score (nSPS) is 17.3. The van der Waals surface area contributed by atoms with Gasteiger partial charge in [-0.15, -0.1) is 0 Å². The predicted molar refractivity (Wildman–Crippen MR) is 137 cm³/mol. The molecule has 1 fully saturated rings. The first-order chi connectivity index (χ1) is 17.4. The second kappa shape index (κ2) is 10.9. The molecule has 0 saturated carbocycles. The smallest absolute Gasteiger partial charge is 0.251 e. The molecule has 8 heteroatoms. The van der Waals surface area contributed by atoms with Crippen molar-refractivity contribution >= 4 is 29.1 Å². The van der Waals surface area contributed by atoms with E-state index in [1.54, 1.807) is 62.6 Å². The molecule has 1 aliphatic heterocycles. The van der Waals surface area contributed by atoms with Gasteiger partial charge in [-0.05, 0) is 66.6 Å². The van der Waals surface area contributed by atoms with Gasteiger partial charge in [0, 0.05) is 30.4 Å². The third-order valence-electron chi connectivity index (χ3n) is 6.36. The first-order valence-electron chi connectivity index (χ1n) is 11.7. The molecule has 1 aliphatic rings. The van der Waals surface area contributed by atoms with Gasteiger partial charge in [0.2, 0.25) is 11.8 Å². The highest BCUT2D eigenvalue weighted by Gasteiger charge is 2.41. The molecular weight excluding hydrogens is 458 g/mol. The zero-order chi connectivity index (χ0) is 25.7. The van der Waals surface area contributed by atoms with E-state index in [0.717, 1.165) is 5.56 Å². The molecule has 36 heavy (non-hydrogen) atoms. The number of nitrogens with one attached hydrogen (secondary N) is 2. The zero-order valence-corrected chi connectivity index (χ0v) is 20.5. The Kier molecular flexibility index (Phi) is 7.53. The molecule has 0 aromatic heterocycles. The van der Waals surface area contributed by atoms with Crippen LogP contribution >= 0.6 is 0 Å². The molecule has 2 unspecified atom stereocenters. The highest BCUT2D eigenvalue weighted by Crippen LogP contribution is 2.41. The lowest BCUT2D eigenvalue weighted by Gasteiger charge is -2.41. The van der Waals surface area contributed by atoms with E-state index in [1.165, 1.54) is 0 Å². The van der Waals surface area contributed by atoms with Crippen LogP contribution in [0.3, 0.4) is 0 Å². The summed E-state index contributed by atoms with van der Waals surface area (Å²) in [5.41, 5.74) is 2.46. The molecule has 2 N–H and O–H groups in total. The molecule has 8 nitrogen and oxygen atoms in total. The Morgan fingerprint density at radius 2 is 1.56 bits per heavy atom. The molecule has 1 heterocycles. The number of carbonyl (C=O) groups is 3. The lowest BCUT2D eigenvalue weighted by atomic mass is 9.83. The lowest BCUT2D eigenvalue weighted by Crippen LogP contribution is -2.47. The minimum absolute atomic E-state index is 0.0633. The van der Waals surface area contributed by atoms with Crippen molar-refractivity contribution in [1.29, 1.82) is 0 Å². The molecule has 3 amide bonds. The van der Waals surface area contributed by atoms with Crippen molar-refractivity contribution in [2.24, 2.45) is 5.92 Å². The number of amides is 3. The fourth-order valence-corrected chi connectivity index (χ4v) is 4.51. The first-order valence-corrected chi connectivity index (χ1v) is 11.7. The molecule has 0 aliphatic carbocycles. The minimum Gasteiger partial charge on any atom is -0.497 e. The van der Waals surface area contributed by atoms with Crippen LogP contribution in [0.5, 0.6) is 11.5 Å². The van der Waals surface area contributed by atoms with Crippen molar-refractivity contribution < 1.29 is 23.9 Å². The monoisotopic (exact) mass is 487 g/mol. The summed E-state index contributed by atoms with van der Waals surface area (Å²) in [6, 6.07) is 20.9. The van der Waals surface area contributed by atoms with Crippen molar-refractivity contribution in [3.63, 3.8) is 0 Å². The topological polar surface area (TPSA) is 97.0 Å². The van der Waals surface area contributed by atoms with Crippen molar-refractivity contribution in [2.75, 3.05) is 31.5 Å². The van der Waals surface area contributed by atoms with Crippen LogP contribution in [0.25, 0.3) is 0 Å². The minimum atomic E-state index is -0.535. The number of hydrogen-bond donors (Lipinski definition) is 2. The summed E-state index contributed by atoms with van der Waals surface area (Å²) < 4.78 is 10.6. The molecule has 186 valence electrons. The van der Waals surface area contributed by atoms with Crippen LogP contribution in [-0.4, -0.2) is 39.0 Å². The summed E-state index contributed by atoms with van der Waals surface area (Å²) >= 11 is 0. The van der Waals surface area contributed by atoms with Crippen LogP contribution in [-0.2, 0) is 9.59 Å². The molecule has 3 aromatic rings. The van der Waals surface area contributed by atoms with E-state index in [9.17, 15) is 14.4 Å². The van der Waals surface area contributed by atoms with Crippen LogP contribution in [0.4, 0.5) is 11.4 Å². The van der Waals surface area contributed by atoms with E-state index in [0.29, 0.717) is 34.9 Å². The van der Waals surface area contributed by atoms with Crippen LogP contribution < -0.4 is 25.0 Å².